The Kier molecular flexibility index (Phi) is 8.25. The van der Waals surface area contributed by atoms with Crippen LogP contribution in [0.25, 0.3) is 22.5 Å². The quantitative estimate of drug-likeness (QED) is 0.169. The van der Waals surface area contributed by atoms with E-state index in [1.165, 1.54) is 32.7 Å². The van der Waals surface area contributed by atoms with Crippen LogP contribution in [0.4, 0.5) is 10.3 Å². The van der Waals surface area contributed by atoms with E-state index >= 15 is 0 Å². The Morgan fingerprint density at radius 1 is 0.609 bits per heavy atom. The first-order chi connectivity index (χ1) is 22.2. The lowest BCUT2D eigenvalue weighted by atomic mass is 9.73. The zero-order valence-electron chi connectivity index (χ0n) is 24.3. The summed E-state index contributed by atoms with van der Waals surface area (Å²) in [6.07, 6.45) is 0. The number of hydrogen-bond acceptors (Lipinski definition) is 8. The molecule has 0 unspecified atom stereocenters. The average Bonchev–Trinajstić information content (AvgIpc) is 3.84. The van der Waals surface area contributed by atoms with Crippen molar-refractivity contribution in [3.05, 3.63) is 104 Å². The van der Waals surface area contributed by atoms with Gasteiger partial charge in [0.05, 0.1) is 23.2 Å². The van der Waals surface area contributed by atoms with Crippen molar-refractivity contribution in [2.75, 3.05) is 10.0 Å². The lowest BCUT2D eigenvalue weighted by molar-refractivity contribution is -0.122. The standard InChI is InChI=1S/C33H23Cl3N6O2S2/c1-17-27(30(43)41(39-17)32-37-25(15-45-32)19-3-9-22(34)10-4-19)29(21-7-13-24(36)14-8-21)28-18(2)40-42(31(28)44)33-38-26(16-46-33)20-5-11-23(35)12-6-20/h3-16,27-29H,1-2H3/t27-,28-/m1/s1. The second-order valence-corrected chi connectivity index (χ2v) is 13.8. The van der Waals surface area contributed by atoms with Crippen LogP contribution in [0.15, 0.2) is 93.8 Å². The minimum atomic E-state index is -0.746. The number of thiazole rings is 2. The first-order valence-electron chi connectivity index (χ1n) is 14.1. The number of aromatic nitrogens is 2. The molecule has 2 amide bonds. The molecule has 8 nitrogen and oxygen atoms in total. The molecular formula is C33H23Cl3N6O2S2. The number of halogens is 3. The number of hydrogen-bond donors (Lipinski definition) is 0. The number of benzene rings is 3. The van der Waals surface area contributed by atoms with Crippen LogP contribution in [0.3, 0.4) is 0 Å². The topological polar surface area (TPSA) is 91.1 Å². The smallest absolute Gasteiger partial charge is 0.259 e. The Morgan fingerprint density at radius 3 is 1.37 bits per heavy atom. The van der Waals surface area contributed by atoms with Crippen molar-refractivity contribution in [2.45, 2.75) is 19.8 Å². The van der Waals surface area contributed by atoms with E-state index in [0.717, 1.165) is 16.7 Å². The summed E-state index contributed by atoms with van der Waals surface area (Å²) in [5, 5.41) is 18.4. The molecule has 2 aliphatic heterocycles. The van der Waals surface area contributed by atoms with E-state index in [9.17, 15) is 9.59 Å². The van der Waals surface area contributed by atoms with Crippen LogP contribution in [0, 0.1) is 11.8 Å². The van der Waals surface area contributed by atoms with Gasteiger partial charge in [-0.15, -0.1) is 22.7 Å². The fraction of sp³-hybridized carbons (Fsp3) is 0.152. The van der Waals surface area contributed by atoms with Crippen LogP contribution < -0.4 is 10.0 Å². The van der Waals surface area contributed by atoms with Crippen LogP contribution in [-0.2, 0) is 9.59 Å². The zero-order valence-corrected chi connectivity index (χ0v) is 28.2. The maximum Gasteiger partial charge on any atom is 0.259 e. The molecule has 230 valence electrons. The second kappa shape index (κ2) is 12.4. The van der Waals surface area contributed by atoms with E-state index in [1.807, 2.05) is 61.0 Å². The van der Waals surface area contributed by atoms with Gasteiger partial charge in [-0.3, -0.25) is 9.59 Å². The predicted molar refractivity (Wildman–Crippen MR) is 187 cm³/mol. The number of nitrogens with zero attached hydrogens (tertiary/aromatic N) is 6. The Hall–Kier alpha value is -3.93. The molecule has 0 radical (unpaired) electrons. The lowest BCUT2D eigenvalue weighted by Crippen LogP contribution is -2.40. The van der Waals surface area contributed by atoms with E-state index in [4.69, 9.17) is 44.8 Å². The molecule has 13 heteroatoms. The maximum atomic E-state index is 14.2. The fourth-order valence-electron chi connectivity index (χ4n) is 5.75. The molecular weight excluding hydrogens is 683 g/mol. The van der Waals surface area contributed by atoms with Crippen LogP contribution in [0.5, 0.6) is 0 Å². The predicted octanol–water partition coefficient (Wildman–Crippen LogP) is 9.06. The highest BCUT2D eigenvalue weighted by Gasteiger charge is 2.50. The molecule has 0 bridgehead atoms. The molecule has 0 fully saturated rings. The number of rotatable bonds is 7. The van der Waals surface area contributed by atoms with Crippen molar-refractivity contribution < 1.29 is 9.59 Å². The number of anilines is 2. The van der Waals surface area contributed by atoms with Crippen LogP contribution in [0.1, 0.15) is 25.3 Å². The van der Waals surface area contributed by atoms with Gasteiger partial charge in [-0.25, -0.2) is 9.97 Å². The van der Waals surface area contributed by atoms with E-state index in [1.54, 1.807) is 36.4 Å². The first kappa shape index (κ1) is 30.7. The van der Waals surface area contributed by atoms with Crippen molar-refractivity contribution >= 4 is 91.0 Å². The third kappa shape index (κ3) is 5.65. The second-order valence-electron chi connectivity index (χ2n) is 10.9. The van der Waals surface area contributed by atoms with Gasteiger partial charge in [0.25, 0.3) is 11.8 Å². The average molecular weight is 706 g/mol. The third-order valence-corrected chi connectivity index (χ3v) is 10.4. The number of carbonyl (C=O) groups is 2. The summed E-state index contributed by atoms with van der Waals surface area (Å²) < 4.78 is 0. The van der Waals surface area contributed by atoms with Crippen molar-refractivity contribution in [1.82, 2.24) is 9.97 Å². The summed E-state index contributed by atoms with van der Waals surface area (Å²) in [4.78, 5) is 37.9. The summed E-state index contributed by atoms with van der Waals surface area (Å²) in [5.74, 6) is -2.64. The molecule has 0 aliphatic carbocycles. The number of amides is 2. The van der Waals surface area contributed by atoms with Gasteiger partial charge in [-0.1, -0.05) is 71.2 Å². The molecule has 2 aromatic heterocycles. The molecule has 5 aromatic rings. The summed E-state index contributed by atoms with van der Waals surface area (Å²) in [6.45, 7) is 3.62. The molecule has 0 saturated carbocycles. The lowest BCUT2D eigenvalue weighted by Gasteiger charge is -2.28. The molecule has 46 heavy (non-hydrogen) atoms. The van der Waals surface area contributed by atoms with Gasteiger partial charge in [-0.05, 0) is 55.8 Å². The Bertz CT molecular complexity index is 1900. The maximum absolute atomic E-state index is 14.2. The van der Waals surface area contributed by atoms with E-state index in [-0.39, 0.29) is 11.8 Å². The van der Waals surface area contributed by atoms with Gasteiger partial charge in [0, 0.05) is 54.3 Å². The molecule has 2 aliphatic rings. The minimum Gasteiger partial charge on any atom is -0.272 e. The number of hydrazone groups is 2. The highest BCUT2D eigenvalue weighted by atomic mass is 35.5. The van der Waals surface area contributed by atoms with E-state index in [0.29, 0.717) is 48.1 Å². The molecule has 0 N–H and O–H groups in total. The van der Waals surface area contributed by atoms with Gasteiger partial charge in [0.15, 0.2) is 0 Å². The zero-order chi connectivity index (χ0) is 32.1. The third-order valence-electron chi connectivity index (χ3n) is 7.96. The van der Waals surface area contributed by atoms with E-state index in [2.05, 4.69) is 10.2 Å². The normalized spacial score (nSPS) is 18.1. The van der Waals surface area contributed by atoms with Gasteiger partial charge >= 0.3 is 0 Å². The van der Waals surface area contributed by atoms with Gasteiger partial charge in [-0.2, -0.15) is 20.2 Å². The monoisotopic (exact) mass is 704 g/mol. The Labute approximate surface area is 287 Å². The summed E-state index contributed by atoms with van der Waals surface area (Å²) >= 11 is 21.0. The molecule has 3 aromatic carbocycles. The largest absolute Gasteiger partial charge is 0.272 e. The van der Waals surface area contributed by atoms with Crippen molar-refractivity contribution in [1.29, 1.82) is 0 Å². The van der Waals surface area contributed by atoms with Crippen molar-refractivity contribution in [3.63, 3.8) is 0 Å². The molecule has 0 spiro atoms. The molecule has 2 atom stereocenters. The highest BCUT2D eigenvalue weighted by Crippen LogP contribution is 2.44. The van der Waals surface area contributed by atoms with Crippen LogP contribution >= 0.6 is 57.5 Å². The summed E-state index contributed by atoms with van der Waals surface area (Å²) in [7, 11) is 0. The van der Waals surface area contributed by atoms with E-state index < -0.39 is 17.8 Å². The summed E-state index contributed by atoms with van der Waals surface area (Å²) in [6, 6.07) is 21.9. The fourth-order valence-corrected chi connectivity index (χ4v) is 7.71. The van der Waals surface area contributed by atoms with Crippen LogP contribution in [-0.4, -0.2) is 33.2 Å². The SMILES string of the molecule is CC1=NN(c2nc(-c3ccc(Cl)cc3)cs2)C(=O)[C@H]1C(c1ccc(Cl)cc1)[C@@H]1C(=O)N(c2nc(-c3ccc(Cl)cc3)cs2)N=C1C. The van der Waals surface area contributed by atoms with Gasteiger partial charge in [0.1, 0.15) is 0 Å². The molecule has 4 heterocycles. The highest BCUT2D eigenvalue weighted by molar-refractivity contribution is 7.14. The van der Waals surface area contributed by atoms with Gasteiger partial charge in [0.2, 0.25) is 10.3 Å². The van der Waals surface area contributed by atoms with Gasteiger partial charge < -0.3 is 0 Å². The van der Waals surface area contributed by atoms with Crippen molar-refractivity contribution in [2.24, 2.45) is 22.0 Å². The Morgan fingerprint density at radius 2 is 0.978 bits per heavy atom. The first-order valence-corrected chi connectivity index (χ1v) is 17.0. The molecule has 0 saturated heterocycles. The molecule has 7 rings (SSSR count). The number of carbonyl (C=O) groups excluding carboxylic acids is 2. The minimum absolute atomic E-state index is 0.271. The summed E-state index contributed by atoms with van der Waals surface area (Å²) in [5.41, 5.74) is 5.09. The van der Waals surface area contributed by atoms with Crippen molar-refractivity contribution in [3.8, 4) is 22.5 Å². The Balaban J connectivity index is 1.21. The van der Waals surface area contributed by atoms with Crippen LogP contribution in [0.2, 0.25) is 15.1 Å².